The second-order valence-electron chi connectivity index (χ2n) is 4.39. The zero-order valence-electron chi connectivity index (χ0n) is 9.28. The summed E-state index contributed by atoms with van der Waals surface area (Å²) in [7, 11) is 0. The summed E-state index contributed by atoms with van der Waals surface area (Å²) in [6, 6.07) is 8.34. The molecule has 0 aromatic heterocycles. The summed E-state index contributed by atoms with van der Waals surface area (Å²) >= 11 is 0. The molecule has 0 aliphatic carbocycles. The third kappa shape index (κ3) is 2.75. The second-order valence-corrected chi connectivity index (χ2v) is 4.39. The van der Waals surface area contributed by atoms with Crippen LogP contribution in [-0.2, 0) is 11.2 Å². The van der Waals surface area contributed by atoms with Crippen LogP contribution in [0.25, 0.3) is 0 Å². The Balaban J connectivity index is 1.86. The van der Waals surface area contributed by atoms with E-state index in [1.807, 2.05) is 6.07 Å². The Morgan fingerprint density at radius 2 is 2.25 bits per heavy atom. The lowest BCUT2D eigenvalue weighted by molar-refractivity contribution is -0.137. The van der Waals surface area contributed by atoms with Crippen molar-refractivity contribution < 1.29 is 9.90 Å². The summed E-state index contributed by atoms with van der Waals surface area (Å²) in [5.41, 5.74) is 2.59. The van der Waals surface area contributed by atoms with E-state index < -0.39 is 5.97 Å². The van der Waals surface area contributed by atoms with E-state index in [0.717, 1.165) is 25.8 Å². The first-order valence-electron chi connectivity index (χ1n) is 5.79. The molecule has 1 heterocycles. The molecule has 2 N–H and O–H groups in total. The molecule has 1 atom stereocenters. The zero-order valence-corrected chi connectivity index (χ0v) is 9.28. The van der Waals surface area contributed by atoms with Crippen LogP contribution in [0.1, 0.15) is 24.8 Å². The monoisotopic (exact) mass is 219 g/mol. The van der Waals surface area contributed by atoms with Crippen LogP contribution in [0.2, 0.25) is 0 Å². The molecule has 3 heteroatoms. The Hall–Kier alpha value is -1.51. The number of hydrogen-bond acceptors (Lipinski definition) is 2. The molecule has 2 rings (SSSR count). The number of nitrogens with one attached hydrogen (secondary N) is 1. The lowest BCUT2D eigenvalue weighted by atomic mass is 9.90. The molecule has 0 spiro atoms. The van der Waals surface area contributed by atoms with Gasteiger partial charge in [0.25, 0.3) is 0 Å². The molecule has 0 saturated heterocycles. The van der Waals surface area contributed by atoms with Gasteiger partial charge >= 0.3 is 5.97 Å². The smallest absolute Gasteiger partial charge is 0.303 e. The molecule has 1 aliphatic rings. The van der Waals surface area contributed by atoms with Crippen LogP contribution in [0, 0.1) is 5.92 Å². The summed E-state index contributed by atoms with van der Waals surface area (Å²) in [5, 5.41) is 12.0. The predicted octanol–water partition coefficient (Wildman–Crippen LogP) is 2.53. The van der Waals surface area contributed by atoms with Crippen molar-refractivity contribution in [3.63, 3.8) is 0 Å². The van der Waals surface area contributed by atoms with Crippen molar-refractivity contribution >= 4 is 11.7 Å². The number of carboxylic acid groups (broad SMARTS) is 1. The van der Waals surface area contributed by atoms with E-state index in [2.05, 4.69) is 23.5 Å². The van der Waals surface area contributed by atoms with Crippen molar-refractivity contribution in [3.05, 3.63) is 29.8 Å². The minimum atomic E-state index is -0.691. The van der Waals surface area contributed by atoms with Gasteiger partial charge in [0.05, 0.1) is 0 Å². The zero-order chi connectivity index (χ0) is 11.4. The lowest BCUT2D eigenvalue weighted by Crippen LogP contribution is -2.23. The normalized spacial score (nSPS) is 18.6. The third-order valence-corrected chi connectivity index (χ3v) is 3.11. The van der Waals surface area contributed by atoms with Crippen LogP contribution in [0.5, 0.6) is 0 Å². The molecule has 1 aliphatic heterocycles. The maximum Gasteiger partial charge on any atom is 0.303 e. The summed E-state index contributed by atoms with van der Waals surface area (Å²) in [5.74, 6) is -0.113. The maximum absolute atomic E-state index is 10.4. The van der Waals surface area contributed by atoms with E-state index in [9.17, 15) is 4.79 Å². The molecule has 1 aromatic carbocycles. The number of anilines is 1. The molecular weight excluding hydrogens is 202 g/mol. The number of hydrogen-bond donors (Lipinski definition) is 2. The molecule has 0 radical (unpaired) electrons. The van der Waals surface area contributed by atoms with Gasteiger partial charge in [0.2, 0.25) is 0 Å². The first kappa shape index (κ1) is 11.0. The van der Waals surface area contributed by atoms with Gasteiger partial charge in [0.15, 0.2) is 0 Å². The highest BCUT2D eigenvalue weighted by Gasteiger charge is 2.17. The first-order valence-corrected chi connectivity index (χ1v) is 5.79. The number of benzene rings is 1. The fourth-order valence-electron chi connectivity index (χ4n) is 2.25. The van der Waals surface area contributed by atoms with Gasteiger partial charge in [0.1, 0.15) is 0 Å². The summed E-state index contributed by atoms with van der Waals surface area (Å²) in [6.45, 7) is 0.969. The molecule has 0 fully saturated rings. The largest absolute Gasteiger partial charge is 0.481 e. The maximum atomic E-state index is 10.4. The quantitative estimate of drug-likeness (QED) is 0.818. The average Bonchev–Trinajstić information content (AvgIpc) is 2.28. The average molecular weight is 219 g/mol. The topological polar surface area (TPSA) is 49.3 Å². The Morgan fingerprint density at radius 3 is 3.06 bits per heavy atom. The van der Waals surface area contributed by atoms with Gasteiger partial charge < -0.3 is 10.4 Å². The van der Waals surface area contributed by atoms with Crippen molar-refractivity contribution in [1.29, 1.82) is 0 Å². The molecule has 86 valence electrons. The third-order valence-electron chi connectivity index (χ3n) is 3.11. The van der Waals surface area contributed by atoms with Crippen molar-refractivity contribution in [2.45, 2.75) is 25.7 Å². The Labute approximate surface area is 95.5 Å². The summed E-state index contributed by atoms with van der Waals surface area (Å²) in [6.07, 6.45) is 3.14. The van der Waals surface area contributed by atoms with E-state index in [4.69, 9.17) is 5.11 Å². The summed E-state index contributed by atoms with van der Waals surface area (Å²) < 4.78 is 0. The first-order chi connectivity index (χ1) is 7.75. The molecule has 3 nitrogen and oxygen atoms in total. The van der Waals surface area contributed by atoms with Crippen LogP contribution >= 0.6 is 0 Å². The van der Waals surface area contributed by atoms with Crippen molar-refractivity contribution in [2.75, 3.05) is 11.9 Å². The van der Waals surface area contributed by atoms with Gasteiger partial charge in [0, 0.05) is 18.7 Å². The number of rotatable bonds is 4. The Morgan fingerprint density at radius 1 is 1.44 bits per heavy atom. The van der Waals surface area contributed by atoms with Crippen LogP contribution in [-0.4, -0.2) is 17.6 Å². The van der Waals surface area contributed by atoms with E-state index in [0.29, 0.717) is 5.92 Å². The van der Waals surface area contributed by atoms with Crippen LogP contribution in [0.3, 0.4) is 0 Å². The minimum Gasteiger partial charge on any atom is -0.481 e. The number of para-hydroxylation sites is 1. The predicted molar refractivity (Wildman–Crippen MR) is 63.6 cm³/mol. The SMILES string of the molecule is O=C(O)CCCC1CNc2ccccc2C1. The molecule has 0 bridgehead atoms. The molecule has 0 amide bonds. The number of fused-ring (bicyclic) bond motifs is 1. The standard InChI is InChI=1S/C13H17NO2/c15-13(16)7-3-4-10-8-11-5-1-2-6-12(11)14-9-10/h1-2,5-6,10,14H,3-4,7-9H2,(H,15,16). The van der Waals surface area contributed by atoms with Gasteiger partial charge in [-0.05, 0) is 36.8 Å². The number of aliphatic carboxylic acids is 1. The van der Waals surface area contributed by atoms with E-state index in [-0.39, 0.29) is 6.42 Å². The molecule has 1 aromatic rings. The molecule has 16 heavy (non-hydrogen) atoms. The summed E-state index contributed by atoms with van der Waals surface area (Å²) in [4.78, 5) is 10.4. The van der Waals surface area contributed by atoms with Crippen molar-refractivity contribution in [1.82, 2.24) is 0 Å². The fourth-order valence-corrected chi connectivity index (χ4v) is 2.25. The van der Waals surface area contributed by atoms with Gasteiger partial charge in [-0.3, -0.25) is 4.79 Å². The van der Waals surface area contributed by atoms with E-state index in [1.54, 1.807) is 0 Å². The highest BCUT2D eigenvalue weighted by Crippen LogP contribution is 2.26. The number of carbonyl (C=O) groups is 1. The highest BCUT2D eigenvalue weighted by atomic mass is 16.4. The van der Waals surface area contributed by atoms with Crippen molar-refractivity contribution in [3.8, 4) is 0 Å². The van der Waals surface area contributed by atoms with Gasteiger partial charge in [-0.1, -0.05) is 18.2 Å². The van der Waals surface area contributed by atoms with Gasteiger partial charge in [-0.25, -0.2) is 0 Å². The molecule has 0 saturated carbocycles. The molecular formula is C13H17NO2. The van der Waals surface area contributed by atoms with Crippen LogP contribution in [0.15, 0.2) is 24.3 Å². The highest BCUT2D eigenvalue weighted by molar-refractivity contribution is 5.66. The van der Waals surface area contributed by atoms with Crippen LogP contribution < -0.4 is 5.32 Å². The minimum absolute atomic E-state index is 0.290. The Kier molecular flexibility index (Phi) is 3.44. The molecule has 1 unspecified atom stereocenters. The second kappa shape index (κ2) is 5.01. The Bertz CT molecular complexity index is 376. The van der Waals surface area contributed by atoms with E-state index in [1.165, 1.54) is 11.3 Å². The number of carboxylic acids is 1. The van der Waals surface area contributed by atoms with Gasteiger partial charge in [-0.15, -0.1) is 0 Å². The van der Waals surface area contributed by atoms with Crippen LogP contribution in [0.4, 0.5) is 5.69 Å². The lowest BCUT2D eigenvalue weighted by Gasteiger charge is -2.25. The fraction of sp³-hybridized carbons (Fsp3) is 0.462. The van der Waals surface area contributed by atoms with Crippen molar-refractivity contribution in [2.24, 2.45) is 5.92 Å². The van der Waals surface area contributed by atoms with Gasteiger partial charge in [-0.2, -0.15) is 0 Å². The van der Waals surface area contributed by atoms with E-state index >= 15 is 0 Å².